The van der Waals surface area contributed by atoms with E-state index in [9.17, 15) is 9.90 Å². The molecule has 0 radical (unpaired) electrons. The molecule has 2 aromatic rings. The maximum Gasteiger partial charge on any atom is 0.242 e. The summed E-state index contributed by atoms with van der Waals surface area (Å²) in [6, 6.07) is 19.2. The van der Waals surface area contributed by atoms with Crippen molar-refractivity contribution >= 4 is 5.91 Å². The molecule has 2 N–H and O–H groups in total. The maximum atomic E-state index is 12.6. The van der Waals surface area contributed by atoms with Gasteiger partial charge in [-0.1, -0.05) is 60.7 Å². The molecule has 0 bridgehead atoms. The lowest BCUT2D eigenvalue weighted by molar-refractivity contribution is -0.162. The molecule has 2 aromatic carbocycles. The first-order valence-corrected chi connectivity index (χ1v) is 8.31. The van der Waals surface area contributed by atoms with Gasteiger partial charge < -0.3 is 10.0 Å². The van der Waals surface area contributed by atoms with E-state index in [0.29, 0.717) is 6.54 Å². The highest BCUT2D eigenvalue weighted by molar-refractivity contribution is 5.91. The Bertz CT molecular complexity index is 685. The number of likely N-dealkylation sites (tertiary alicyclic amines) is 1. The first-order valence-electron chi connectivity index (χ1n) is 8.31. The van der Waals surface area contributed by atoms with Crippen LogP contribution in [0, 0.1) is 0 Å². The van der Waals surface area contributed by atoms with Crippen molar-refractivity contribution in [3.63, 3.8) is 0 Å². The van der Waals surface area contributed by atoms with E-state index in [1.54, 1.807) is 0 Å². The van der Waals surface area contributed by atoms with Crippen molar-refractivity contribution in [2.45, 2.75) is 38.0 Å². The van der Waals surface area contributed by atoms with Gasteiger partial charge in [0, 0.05) is 6.54 Å². The van der Waals surface area contributed by atoms with Crippen LogP contribution in [0.25, 0.3) is 0 Å². The normalized spacial score (nSPS) is 20.5. The fourth-order valence-corrected chi connectivity index (χ4v) is 3.30. The molecule has 1 saturated heterocycles. The van der Waals surface area contributed by atoms with E-state index in [2.05, 4.69) is 19.2 Å². The van der Waals surface area contributed by atoms with E-state index in [-0.39, 0.29) is 30.1 Å². The van der Waals surface area contributed by atoms with Gasteiger partial charge in [-0.05, 0) is 25.0 Å². The summed E-state index contributed by atoms with van der Waals surface area (Å²) in [6.45, 7) is 4.70. The Morgan fingerprint density at radius 3 is 2.21 bits per heavy atom. The summed E-state index contributed by atoms with van der Waals surface area (Å²) in [6.07, 6.45) is 0. The molecule has 1 heterocycles. The van der Waals surface area contributed by atoms with E-state index >= 15 is 0 Å². The third-order valence-corrected chi connectivity index (χ3v) is 4.85. The van der Waals surface area contributed by atoms with Crippen molar-refractivity contribution in [2.24, 2.45) is 0 Å². The molecule has 0 aromatic heterocycles. The smallest absolute Gasteiger partial charge is 0.242 e. The van der Waals surface area contributed by atoms with Crippen molar-refractivity contribution in [3.05, 3.63) is 71.8 Å². The third-order valence-electron chi connectivity index (χ3n) is 4.85. The largest absolute Gasteiger partial charge is 0.394 e. The van der Waals surface area contributed by atoms with Gasteiger partial charge in [0.05, 0.1) is 18.2 Å². The molecule has 4 heteroatoms. The van der Waals surface area contributed by atoms with Crippen LogP contribution in [0.4, 0.5) is 0 Å². The standard InChI is InChI=1S/C20H24N2O2/c1-20(2)18(21-17(14-23)16-11-7-4-8-12-16)19(24)22(20)13-15-9-5-3-6-10-15/h3-12,17-18,21,23H,13-14H2,1-2H3/t17-,18-/m0/s1. The Hall–Kier alpha value is -2.17. The minimum atomic E-state index is -0.297. The van der Waals surface area contributed by atoms with Crippen molar-refractivity contribution in [2.75, 3.05) is 6.61 Å². The molecule has 1 aliphatic heterocycles. The zero-order valence-electron chi connectivity index (χ0n) is 14.1. The second kappa shape index (κ2) is 6.75. The number of amides is 1. The molecule has 0 aliphatic carbocycles. The highest BCUT2D eigenvalue weighted by Gasteiger charge is 2.54. The molecule has 126 valence electrons. The second-order valence-corrected chi connectivity index (χ2v) is 6.81. The van der Waals surface area contributed by atoms with Crippen LogP contribution in [-0.4, -0.2) is 34.1 Å². The highest BCUT2D eigenvalue weighted by atomic mass is 16.3. The summed E-state index contributed by atoms with van der Waals surface area (Å²) < 4.78 is 0. The molecule has 3 rings (SSSR count). The van der Waals surface area contributed by atoms with E-state index in [1.807, 2.05) is 65.6 Å². The third kappa shape index (κ3) is 3.07. The number of nitrogens with zero attached hydrogens (tertiary/aromatic N) is 1. The Morgan fingerprint density at radius 2 is 1.67 bits per heavy atom. The number of β-lactam (4-membered cyclic amide) rings is 1. The van der Waals surface area contributed by atoms with Crippen molar-refractivity contribution in [1.82, 2.24) is 10.2 Å². The van der Waals surface area contributed by atoms with Gasteiger partial charge in [-0.2, -0.15) is 0 Å². The van der Waals surface area contributed by atoms with Crippen LogP contribution in [0.2, 0.25) is 0 Å². The summed E-state index contributed by atoms with van der Waals surface area (Å²) in [5.41, 5.74) is 1.82. The Morgan fingerprint density at radius 1 is 1.08 bits per heavy atom. The molecule has 0 unspecified atom stereocenters. The average Bonchev–Trinajstić information content (AvgIpc) is 2.61. The van der Waals surface area contributed by atoms with Crippen LogP contribution in [0.3, 0.4) is 0 Å². The Labute approximate surface area is 143 Å². The summed E-state index contributed by atoms with van der Waals surface area (Å²) in [4.78, 5) is 14.5. The molecule has 1 amide bonds. The summed E-state index contributed by atoms with van der Waals surface area (Å²) in [7, 11) is 0. The number of benzene rings is 2. The number of carbonyl (C=O) groups excluding carboxylic acids is 1. The first-order chi connectivity index (χ1) is 11.5. The van der Waals surface area contributed by atoms with Crippen molar-refractivity contribution < 1.29 is 9.90 Å². The summed E-state index contributed by atoms with van der Waals surface area (Å²) in [5, 5.41) is 13.1. The van der Waals surface area contributed by atoms with Gasteiger partial charge in [-0.3, -0.25) is 10.1 Å². The minimum Gasteiger partial charge on any atom is -0.394 e. The van der Waals surface area contributed by atoms with Gasteiger partial charge in [-0.15, -0.1) is 0 Å². The minimum absolute atomic E-state index is 0.0391. The van der Waals surface area contributed by atoms with Crippen LogP contribution in [-0.2, 0) is 11.3 Å². The number of hydrogen-bond donors (Lipinski definition) is 2. The van der Waals surface area contributed by atoms with Crippen molar-refractivity contribution in [1.29, 1.82) is 0 Å². The topological polar surface area (TPSA) is 52.6 Å². The number of nitrogens with one attached hydrogen (secondary N) is 1. The molecule has 0 saturated carbocycles. The van der Waals surface area contributed by atoms with Gasteiger partial charge >= 0.3 is 0 Å². The van der Waals surface area contributed by atoms with E-state index in [1.165, 1.54) is 0 Å². The van der Waals surface area contributed by atoms with Crippen molar-refractivity contribution in [3.8, 4) is 0 Å². The van der Waals surface area contributed by atoms with Gasteiger partial charge in [-0.25, -0.2) is 0 Å². The first kappa shape index (κ1) is 16.7. The van der Waals surface area contributed by atoms with E-state index in [0.717, 1.165) is 11.1 Å². The summed E-state index contributed by atoms with van der Waals surface area (Å²) >= 11 is 0. The molecule has 1 aliphatic rings. The zero-order valence-corrected chi connectivity index (χ0v) is 14.1. The summed E-state index contributed by atoms with van der Waals surface area (Å²) in [5.74, 6) is 0.0817. The molecule has 4 nitrogen and oxygen atoms in total. The molecular weight excluding hydrogens is 300 g/mol. The monoisotopic (exact) mass is 324 g/mol. The maximum absolute atomic E-state index is 12.6. The Balaban J connectivity index is 1.70. The second-order valence-electron chi connectivity index (χ2n) is 6.81. The molecule has 0 spiro atoms. The van der Waals surface area contributed by atoms with Crippen LogP contribution >= 0.6 is 0 Å². The fraction of sp³-hybridized carbons (Fsp3) is 0.350. The highest BCUT2D eigenvalue weighted by Crippen LogP contribution is 2.34. The van der Waals surface area contributed by atoms with Gasteiger partial charge in [0.2, 0.25) is 5.91 Å². The van der Waals surface area contributed by atoms with E-state index in [4.69, 9.17) is 0 Å². The van der Waals surface area contributed by atoms with Crippen LogP contribution in [0.15, 0.2) is 60.7 Å². The number of carbonyl (C=O) groups is 1. The van der Waals surface area contributed by atoms with Gasteiger partial charge in [0.15, 0.2) is 0 Å². The number of aliphatic hydroxyl groups excluding tert-OH is 1. The Kier molecular flexibility index (Phi) is 4.69. The van der Waals surface area contributed by atoms with Gasteiger partial charge in [0.25, 0.3) is 0 Å². The fourth-order valence-electron chi connectivity index (χ4n) is 3.30. The predicted molar refractivity (Wildman–Crippen MR) is 94.3 cm³/mol. The molecule has 2 atom stereocenters. The lowest BCUT2D eigenvalue weighted by atomic mass is 9.80. The van der Waals surface area contributed by atoms with Crippen LogP contribution < -0.4 is 5.32 Å². The zero-order chi connectivity index (χ0) is 17.2. The number of rotatable bonds is 6. The SMILES string of the molecule is CC1(C)[C@@H](N[C@@H](CO)c2ccccc2)C(=O)N1Cc1ccccc1. The van der Waals surface area contributed by atoms with E-state index < -0.39 is 0 Å². The molecule has 1 fully saturated rings. The van der Waals surface area contributed by atoms with Crippen LogP contribution in [0.1, 0.15) is 31.0 Å². The predicted octanol–water partition coefficient (Wildman–Crippen LogP) is 2.50. The lowest BCUT2D eigenvalue weighted by Crippen LogP contribution is -2.75. The average molecular weight is 324 g/mol. The quantitative estimate of drug-likeness (QED) is 0.803. The number of aliphatic hydroxyl groups is 1. The molecular formula is C20H24N2O2. The number of hydrogen-bond acceptors (Lipinski definition) is 3. The lowest BCUT2D eigenvalue weighted by Gasteiger charge is -2.55. The van der Waals surface area contributed by atoms with Crippen LogP contribution in [0.5, 0.6) is 0 Å². The van der Waals surface area contributed by atoms with Gasteiger partial charge in [0.1, 0.15) is 6.04 Å². The molecule has 24 heavy (non-hydrogen) atoms.